The predicted molar refractivity (Wildman–Crippen MR) is 63.1 cm³/mol. The van der Waals surface area contributed by atoms with Crippen molar-refractivity contribution in [1.29, 1.82) is 0 Å². The Morgan fingerprint density at radius 2 is 2.00 bits per heavy atom. The van der Waals surface area contributed by atoms with Gasteiger partial charge in [-0.2, -0.15) is 0 Å². The van der Waals surface area contributed by atoms with Crippen LogP contribution in [0.25, 0.3) is 0 Å². The number of carbonyl (C=O) groups is 1. The minimum absolute atomic E-state index is 0.128. The van der Waals surface area contributed by atoms with E-state index in [-0.39, 0.29) is 11.4 Å². The van der Waals surface area contributed by atoms with Crippen LogP contribution >= 0.6 is 0 Å². The zero-order valence-corrected chi connectivity index (χ0v) is 10.9. The molecule has 0 atom stereocenters. The van der Waals surface area contributed by atoms with Crippen LogP contribution in [-0.4, -0.2) is 28.7 Å². The van der Waals surface area contributed by atoms with Crippen molar-refractivity contribution in [2.75, 3.05) is 7.11 Å². The molecule has 0 radical (unpaired) electrons. The van der Waals surface area contributed by atoms with Crippen LogP contribution in [0.5, 0.6) is 5.88 Å². The molecule has 0 unspecified atom stereocenters. The molecule has 0 aliphatic carbocycles. The van der Waals surface area contributed by atoms with Gasteiger partial charge in [0.05, 0.1) is 19.3 Å². The summed E-state index contributed by atoms with van der Waals surface area (Å²) in [4.78, 5) is 11.2. The minimum atomic E-state index is -0.259. The van der Waals surface area contributed by atoms with Crippen molar-refractivity contribution >= 4 is 5.78 Å². The monoisotopic (exact) mass is 238 g/mol. The van der Waals surface area contributed by atoms with Crippen LogP contribution in [0.3, 0.4) is 0 Å². The third-order valence-corrected chi connectivity index (χ3v) is 2.05. The van der Waals surface area contributed by atoms with Crippen LogP contribution in [0.1, 0.15) is 43.7 Å². The van der Waals surface area contributed by atoms with E-state index in [9.17, 15) is 4.79 Å². The van der Waals surface area contributed by atoms with E-state index in [1.54, 1.807) is 6.07 Å². The van der Waals surface area contributed by atoms with Crippen molar-refractivity contribution in [3.63, 3.8) is 0 Å². The molecule has 0 N–H and O–H groups in total. The highest BCUT2D eigenvalue weighted by Crippen LogP contribution is 2.19. The first kappa shape index (κ1) is 13.6. The molecule has 0 saturated heterocycles. The molecule has 0 aromatic carbocycles. The molecule has 0 spiro atoms. The van der Waals surface area contributed by atoms with E-state index in [4.69, 9.17) is 9.47 Å². The van der Waals surface area contributed by atoms with Gasteiger partial charge in [0.25, 0.3) is 0 Å². The highest BCUT2D eigenvalue weighted by molar-refractivity contribution is 5.92. The zero-order valence-electron chi connectivity index (χ0n) is 10.9. The highest BCUT2D eigenvalue weighted by Gasteiger charge is 2.15. The summed E-state index contributed by atoms with van der Waals surface area (Å²) in [5, 5.41) is 7.62. The minimum Gasteiger partial charge on any atom is -0.480 e. The van der Waals surface area contributed by atoms with Crippen molar-refractivity contribution in [3.8, 4) is 5.88 Å². The van der Waals surface area contributed by atoms with Gasteiger partial charge in [-0.15, -0.1) is 10.2 Å². The Balaban J connectivity index is 2.94. The van der Waals surface area contributed by atoms with Gasteiger partial charge in [0.1, 0.15) is 5.69 Å². The number of hydrogen-bond acceptors (Lipinski definition) is 5. The van der Waals surface area contributed by atoms with E-state index in [1.807, 2.05) is 20.8 Å². The molecule has 94 valence electrons. The van der Waals surface area contributed by atoms with Gasteiger partial charge in [-0.25, -0.2) is 0 Å². The summed E-state index contributed by atoms with van der Waals surface area (Å²) in [5.74, 6) is 0.261. The van der Waals surface area contributed by atoms with E-state index in [0.29, 0.717) is 18.2 Å². The predicted octanol–water partition coefficient (Wildman–Crippen LogP) is 2.00. The summed E-state index contributed by atoms with van der Waals surface area (Å²) < 4.78 is 10.7. The summed E-state index contributed by atoms with van der Waals surface area (Å²) in [5.41, 5.74) is 0.783. The molecule has 5 nitrogen and oxygen atoms in total. The lowest BCUT2D eigenvalue weighted by Gasteiger charge is -2.20. The molecule has 0 saturated carbocycles. The number of rotatable bonds is 4. The van der Waals surface area contributed by atoms with Crippen LogP contribution in [0.15, 0.2) is 6.07 Å². The third kappa shape index (κ3) is 4.11. The lowest BCUT2D eigenvalue weighted by molar-refractivity contribution is -0.0159. The molecule has 1 rings (SSSR count). The lowest BCUT2D eigenvalue weighted by atomic mass is 10.2. The van der Waals surface area contributed by atoms with E-state index >= 15 is 0 Å². The van der Waals surface area contributed by atoms with Gasteiger partial charge < -0.3 is 9.47 Å². The van der Waals surface area contributed by atoms with Crippen molar-refractivity contribution in [2.45, 2.75) is 39.9 Å². The first-order valence-corrected chi connectivity index (χ1v) is 5.39. The summed E-state index contributed by atoms with van der Waals surface area (Å²) in [7, 11) is 1.51. The number of Topliss-reactive ketones (excluding diaryl/α,β-unsaturated/α-hetero) is 1. The molecule has 1 aromatic rings. The molecule has 1 heterocycles. The van der Waals surface area contributed by atoms with Crippen molar-refractivity contribution in [3.05, 3.63) is 17.3 Å². The zero-order chi connectivity index (χ0) is 13.1. The third-order valence-electron chi connectivity index (χ3n) is 2.05. The number of aromatic nitrogens is 2. The van der Waals surface area contributed by atoms with Crippen LogP contribution < -0.4 is 4.74 Å². The number of methoxy groups -OCH3 is 1. The topological polar surface area (TPSA) is 61.3 Å². The van der Waals surface area contributed by atoms with Gasteiger partial charge in [-0.1, -0.05) is 0 Å². The van der Waals surface area contributed by atoms with Gasteiger partial charge in [-0.05, 0) is 26.8 Å². The van der Waals surface area contributed by atoms with Crippen LogP contribution in [0, 0.1) is 0 Å². The van der Waals surface area contributed by atoms with E-state index in [2.05, 4.69) is 10.2 Å². The maximum absolute atomic E-state index is 11.2. The van der Waals surface area contributed by atoms with Crippen LogP contribution in [-0.2, 0) is 11.3 Å². The Morgan fingerprint density at radius 3 is 2.47 bits per heavy atom. The number of ether oxygens (including phenoxy) is 2. The van der Waals surface area contributed by atoms with E-state index < -0.39 is 0 Å². The lowest BCUT2D eigenvalue weighted by Crippen LogP contribution is -2.19. The fourth-order valence-electron chi connectivity index (χ4n) is 1.16. The second-order valence-corrected chi connectivity index (χ2v) is 4.72. The van der Waals surface area contributed by atoms with Crippen molar-refractivity contribution in [1.82, 2.24) is 10.2 Å². The van der Waals surface area contributed by atoms with Gasteiger partial charge in [0.15, 0.2) is 5.78 Å². The van der Waals surface area contributed by atoms with E-state index in [0.717, 1.165) is 5.56 Å². The summed E-state index contributed by atoms with van der Waals surface area (Å²) in [6.07, 6.45) is 0. The quantitative estimate of drug-likeness (QED) is 0.751. The maximum Gasteiger partial charge on any atom is 0.238 e. The Kier molecular flexibility index (Phi) is 4.17. The average molecular weight is 238 g/mol. The van der Waals surface area contributed by atoms with Crippen LogP contribution in [0.2, 0.25) is 0 Å². The largest absolute Gasteiger partial charge is 0.480 e. The van der Waals surface area contributed by atoms with Crippen molar-refractivity contribution in [2.24, 2.45) is 0 Å². The van der Waals surface area contributed by atoms with Gasteiger partial charge in [0.2, 0.25) is 5.88 Å². The molecular weight excluding hydrogens is 220 g/mol. The molecule has 0 amide bonds. The molecule has 0 bridgehead atoms. The molecule has 0 aliphatic rings. The van der Waals surface area contributed by atoms with Gasteiger partial charge >= 0.3 is 0 Å². The highest BCUT2D eigenvalue weighted by atomic mass is 16.5. The molecule has 17 heavy (non-hydrogen) atoms. The molecule has 0 aliphatic heterocycles. The summed E-state index contributed by atoms with van der Waals surface area (Å²) in [6.45, 7) is 7.66. The maximum atomic E-state index is 11.2. The standard InChI is InChI=1S/C12H18N2O3/c1-8(15)10-6-9(7-17-12(2,3)4)11(16-5)14-13-10/h6H,7H2,1-5H3. The second kappa shape index (κ2) is 5.23. The average Bonchev–Trinajstić information content (AvgIpc) is 2.24. The second-order valence-electron chi connectivity index (χ2n) is 4.72. The summed E-state index contributed by atoms with van der Waals surface area (Å²) in [6, 6.07) is 1.65. The molecule has 1 aromatic heterocycles. The van der Waals surface area contributed by atoms with Crippen molar-refractivity contribution < 1.29 is 14.3 Å². The molecule has 0 fully saturated rings. The van der Waals surface area contributed by atoms with Gasteiger partial charge in [0, 0.05) is 12.5 Å². The number of carbonyl (C=O) groups excluding carboxylic acids is 1. The number of nitrogens with zero attached hydrogens (tertiary/aromatic N) is 2. The summed E-state index contributed by atoms with van der Waals surface area (Å²) >= 11 is 0. The fourth-order valence-corrected chi connectivity index (χ4v) is 1.16. The SMILES string of the molecule is COc1nnc(C(C)=O)cc1COC(C)(C)C. The van der Waals surface area contributed by atoms with E-state index in [1.165, 1.54) is 14.0 Å². The normalized spacial score (nSPS) is 11.4. The Labute approximate surface area is 101 Å². The molecule has 5 heteroatoms. The molecular formula is C12H18N2O3. The smallest absolute Gasteiger partial charge is 0.238 e. The van der Waals surface area contributed by atoms with Gasteiger partial charge in [-0.3, -0.25) is 4.79 Å². The first-order chi connectivity index (χ1) is 7.83. The van der Waals surface area contributed by atoms with Crippen LogP contribution in [0.4, 0.5) is 0 Å². The fraction of sp³-hybridized carbons (Fsp3) is 0.583. The Morgan fingerprint density at radius 1 is 1.35 bits per heavy atom. The Bertz CT molecular complexity index is 411. The first-order valence-electron chi connectivity index (χ1n) is 5.39. The number of hydrogen-bond donors (Lipinski definition) is 0. The number of ketones is 1. The Hall–Kier alpha value is -1.49.